The van der Waals surface area contributed by atoms with E-state index in [-0.39, 0.29) is 6.10 Å². The lowest BCUT2D eigenvalue weighted by molar-refractivity contribution is 0.129. The maximum atomic E-state index is 9.90. The summed E-state index contributed by atoms with van der Waals surface area (Å²) in [4.78, 5) is 4.47. The Morgan fingerprint density at radius 3 is 2.79 bits per heavy atom. The zero-order valence-corrected chi connectivity index (χ0v) is 12.0. The van der Waals surface area contributed by atoms with Crippen molar-refractivity contribution >= 4 is 0 Å². The molecule has 0 unspecified atom stereocenters. The summed E-state index contributed by atoms with van der Waals surface area (Å²) in [6.45, 7) is 5.37. The minimum absolute atomic E-state index is 0.115. The summed E-state index contributed by atoms with van der Waals surface area (Å²) in [7, 11) is 0. The van der Waals surface area contributed by atoms with Crippen molar-refractivity contribution in [3.63, 3.8) is 0 Å². The number of aromatic nitrogens is 1. The van der Waals surface area contributed by atoms with Gasteiger partial charge >= 0.3 is 0 Å². The second kappa shape index (κ2) is 7.01. The Morgan fingerprint density at radius 2 is 2.21 bits per heavy atom. The third-order valence-corrected chi connectivity index (χ3v) is 4.00. The van der Waals surface area contributed by atoms with Crippen LogP contribution >= 0.6 is 0 Å². The highest BCUT2D eigenvalue weighted by Gasteiger charge is 2.26. The van der Waals surface area contributed by atoms with Crippen molar-refractivity contribution < 1.29 is 5.11 Å². The average Bonchev–Trinajstić information content (AvgIpc) is 2.81. The number of hydrogen-bond donors (Lipinski definition) is 2. The zero-order chi connectivity index (χ0) is 13.7. The summed E-state index contributed by atoms with van der Waals surface area (Å²) >= 11 is 0. The average molecular weight is 262 g/mol. The van der Waals surface area contributed by atoms with E-state index in [4.69, 9.17) is 0 Å². The van der Waals surface area contributed by atoms with E-state index in [9.17, 15) is 5.11 Å². The topological polar surface area (TPSA) is 45.1 Å². The van der Waals surface area contributed by atoms with Crippen LogP contribution < -0.4 is 5.32 Å². The van der Waals surface area contributed by atoms with E-state index in [2.05, 4.69) is 30.2 Å². The van der Waals surface area contributed by atoms with Crippen LogP contribution in [0.1, 0.15) is 51.3 Å². The van der Waals surface area contributed by atoms with Crippen LogP contribution in [0.15, 0.2) is 24.4 Å². The van der Waals surface area contributed by atoms with Crippen LogP contribution in [0.3, 0.4) is 0 Å². The normalized spacial score (nSPS) is 24.8. The molecule has 0 amide bonds. The molecule has 0 aliphatic heterocycles. The van der Waals surface area contributed by atoms with E-state index in [1.54, 1.807) is 0 Å². The van der Waals surface area contributed by atoms with Gasteiger partial charge in [0.1, 0.15) is 0 Å². The molecule has 2 rings (SSSR count). The lowest BCUT2D eigenvalue weighted by atomic mass is 9.99. The fourth-order valence-corrected chi connectivity index (χ4v) is 2.91. The summed E-state index contributed by atoms with van der Waals surface area (Å²) < 4.78 is 0. The Morgan fingerprint density at radius 1 is 1.37 bits per heavy atom. The van der Waals surface area contributed by atoms with Crippen molar-refractivity contribution in [2.75, 3.05) is 6.54 Å². The SMILES string of the molecule is CC(C)C[C@H](NC[C@H]1CCC[C@H]1O)c1ccccn1. The van der Waals surface area contributed by atoms with Crippen molar-refractivity contribution in [2.45, 2.75) is 51.7 Å². The fraction of sp³-hybridized carbons (Fsp3) is 0.688. The summed E-state index contributed by atoms with van der Waals surface area (Å²) in [5.41, 5.74) is 1.11. The highest BCUT2D eigenvalue weighted by molar-refractivity contribution is 5.08. The molecule has 1 heterocycles. The second-order valence-electron chi connectivity index (χ2n) is 6.10. The molecule has 1 aromatic rings. The molecule has 1 aliphatic rings. The second-order valence-corrected chi connectivity index (χ2v) is 6.10. The van der Waals surface area contributed by atoms with Gasteiger partial charge in [-0.1, -0.05) is 26.3 Å². The van der Waals surface area contributed by atoms with Gasteiger partial charge in [0, 0.05) is 18.8 Å². The maximum Gasteiger partial charge on any atom is 0.0580 e. The summed E-state index contributed by atoms with van der Waals surface area (Å²) in [5, 5.41) is 13.5. The van der Waals surface area contributed by atoms with Gasteiger partial charge in [-0.25, -0.2) is 0 Å². The molecular weight excluding hydrogens is 236 g/mol. The Hall–Kier alpha value is -0.930. The van der Waals surface area contributed by atoms with E-state index in [0.29, 0.717) is 17.9 Å². The van der Waals surface area contributed by atoms with Crippen molar-refractivity contribution in [3.8, 4) is 0 Å². The highest BCUT2D eigenvalue weighted by atomic mass is 16.3. The minimum Gasteiger partial charge on any atom is -0.393 e. The van der Waals surface area contributed by atoms with Crippen molar-refractivity contribution in [1.82, 2.24) is 10.3 Å². The lowest BCUT2D eigenvalue weighted by Crippen LogP contribution is -2.32. The summed E-state index contributed by atoms with van der Waals surface area (Å²) in [6.07, 6.45) is 6.09. The van der Waals surface area contributed by atoms with Gasteiger partial charge in [-0.3, -0.25) is 4.98 Å². The fourth-order valence-electron chi connectivity index (χ4n) is 2.91. The molecule has 3 nitrogen and oxygen atoms in total. The molecule has 2 N–H and O–H groups in total. The largest absolute Gasteiger partial charge is 0.393 e. The van der Waals surface area contributed by atoms with E-state index < -0.39 is 0 Å². The summed E-state index contributed by atoms with van der Waals surface area (Å²) in [5.74, 6) is 1.05. The molecule has 0 spiro atoms. The van der Waals surface area contributed by atoms with Crippen molar-refractivity contribution in [2.24, 2.45) is 11.8 Å². The molecule has 1 aliphatic carbocycles. The van der Waals surface area contributed by atoms with Crippen molar-refractivity contribution in [1.29, 1.82) is 0 Å². The lowest BCUT2D eigenvalue weighted by Gasteiger charge is -2.23. The maximum absolute atomic E-state index is 9.90. The number of nitrogens with zero attached hydrogens (tertiary/aromatic N) is 1. The monoisotopic (exact) mass is 262 g/mol. The number of pyridine rings is 1. The van der Waals surface area contributed by atoms with Gasteiger partial charge in [0.05, 0.1) is 11.8 Å². The van der Waals surface area contributed by atoms with Gasteiger partial charge in [-0.05, 0) is 43.2 Å². The highest BCUT2D eigenvalue weighted by Crippen LogP contribution is 2.26. The first-order valence-corrected chi connectivity index (χ1v) is 7.49. The molecule has 19 heavy (non-hydrogen) atoms. The molecule has 0 radical (unpaired) electrons. The molecule has 0 bridgehead atoms. The molecule has 1 aromatic heterocycles. The first kappa shape index (κ1) is 14.5. The van der Waals surface area contributed by atoms with Crippen LogP contribution in [-0.2, 0) is 0 Å². The van der Waals surface area contributed by atoms with E-state index >= 15 is 0 Å². The Labute approximate surface area is 116 Å². The third-order valence-electron chi connectivity index (χ3n) is 4.00. The van der Waals surface area contributed by atoms with Gasteiger partial charge in [0.25, 0.3) is 0 Å². The van der Waals surface area contributed by atoms with Crippen LogP contribution in [0, 0.1) is 11.8 Å². The summed E-state index contributed by atoms with van der Waals surface area (Å²) in [6, 6.07) is 6.39. The van der Waals surface area contributed by atoms with Gasteiger partial charge in [-0.2, -0.15) is 0 Å². The number of aliphatic hydroxyl groups is 1. The van der Waals surface area contributed by atoms with Gasteiger partial charge in [-0.15, -0.1) is 0 Å². The smallest absolute Gasteiger partial charge is 0.0580 e. The van der Waals surface area contributed by atoms with Crippen LogP contribution in [0.4, 0.5) is 0 Å². The van der Waals surface area contributed by atoms with Crippen LogP contribution in [0.25, 0.3) is 0 Å². The molecule has 3 atom stereocenters. The Kier molecular flexibility index (Phi) is 5.34. The first-order chi connectivity index (χ1) is 9.16. The van der Waals surface area contributed by atoms with Gasteiger partial charge in [0.15, 0.2) is 0 Å². The molecular formula is C16H26N2O. The van der Waals surface area contributed by atoms with Crippen molar-refractivity contribution in [3.05, 3.63) is 30.1 Å². The molecule has 0 aromatic carbocycles. The Bertz CT molecular complexity index is 366. The number of hydrogen-bond acceptors (Lipinski definition) is 3. The standard InChI is InChI=1S/C16H26N2O/c1-12(2)10-15(14-7-3-4-9-17-14)18-11-13-6-5-8-16(13)19/h3-4,7,9,12-13,15-16,18-19H,5-6,8,10-11H2,1-2H3/t13-,15+,16-/m1/s1. The molecule has 1 saturated carbocycles. The zero-order valence-electron chi connectivity index (χ0n) is 12.0. The van der Waals surface area contributed by atoms with E-state index in [0.717, 1.165) is 37.9 Å². The van der Waals surface area contributed by atoms with Crippen LogP contribution in [0.5, 0.6) is 0 Å². The quantitative estimate of drug-likeness (QED) is 0.828. The van der Waals surface area contributed by atoms with E-state index in [1.165, 1.54) is 0 Å². The first-order valence-electron chi connectivity index (χ1n) is 7.49. The molecule has 0 saturated heterocycles. The Balaban J connectivity index is 1.94. The third kappa shape index (κ3) is 4.29. The minimum atomic E-state index is -0.115. The number of nitrogens with one attached hydrogen (secondary N) is 1. The number of rotatable bonds is 6. The molecule has 3 heteroatoms. The molecule has 1 fully saturated rings. The van der Waals surface area contributed by atoms with Crippen LogP contribution in [0.2, 0.25) is 0 Å². The predicted molar refractivity (Wildman–Crippen MR) is 77.8 cm³/mol. The van der Waals surface area contributed by atoms with Gasteiger partial charge < -0.3 is 10.4 Å². The van der Waals surface area contributed by atoms with Crippen LogP contribution in [-0.4, -0.2) is 22.7 Å². The van der Waals surface area contributed by atoms with Gasteiger partial charge in [0.2, 0.25) is 0 Å². The number of aliphatic hydroxyl groups excluding tert-OH is 1. The predicted octanol–water partition coefficient (Wildman–Crippen LogP) is 2.92. The molecule has 106 valence electrons. The van der Waals surface area contributed by atoms with E-state index in [1.807, 2.05) is 18.3 Å².